The highest BCUT2D eigenvalue weighted by molar-refractivity contribution is 7.56. The molecule has 0 atom stereocenters. The van der Waals surface area contributed by atoms with E-state index in [2.05, 4.69) is 15.3 Å². The molecule has 0 bridgehead atoms. The summed E-state index contributed by atoms with van der Waals surface area (Å²) in [5.74, 6) is 0.743. The number of carbonyl (C=O) groups is 1. The summed E-state index contributed by atoms with van der Waals surface area (Å²) in [6.45, 7) is 3.95. The molecule has 1 heterocycles. The molecule has 0 aliphatic carbocycles. The van der Waals surface area contributed by atoms with E-state index < -0.39 is 5.97 Å². The monoisotopic (exact) mass is 383 g/mol. The number of anilines is 1. The largest absolute Gasteiger partial charge is 0.495 e. The molecule has 0 fully saturated rings. The number of esters is 1. The van der Waals surface area contributed by atoms with Gasteiger partial charge in [-0.1, -0.05) is 17.7 Å². The van der Waals surface area contributed by atoms with Crippen LogP contribution in [0.4, 0.5) is 5.82 Å². The first-order valence-corrected chi connectivity index (χ1v) is 8.59. The highest BCUT2D eigenvalue weighted by Gasteiger charge is 2.18. The van der Waals surface area contributed by atoms with Crippen molar-refractivity contribution in [2.75, 3.05) is 19.0 Å². The number of benzene rings is 1. The summed E-state index contributed by atoms with van der Waals surface area (Å²) in [5, 5.41) is 3.55. The molecule has 0 radical (unpaired) electrons. The fourth-order valence-corrected chi connectivity index (χ4v) is 2.91. The first-order valence-electron chi connectivity index (χ1n) is 7.47. The maximum absolute atomic E-state index is 12.2. The average Bonchev–Trinajstić information content (AvgIpc) is 2.59. The zero-order valence-electron chi connectivity index (χ0n) is 14.0. The second-order valence-corrected chi connectivity index (χ2v) is 5.98. The zero-order chi connectivity index (χ0) is 18.4. The minimum atomic E-state index is -0.611. The Morgan fingerprint density at radius 1 is 1.44 bits per heavy atom. The van der Waals surface area contributed by atoms with Crippen LogP contribution in [0.25, 0.3) is 0 Å². The maximum Gasteiger partial charge on any atom is 0.345 e. The number of nitrogens with zero attached hydrogens (tertiary/aromatic N) is 1. The fraction of sp³-hybridized carbons (Fsp3) is 0.312. The number of halogens is 1. The number of aromatic amines is 1. The van der Waals surface area contributed by atoms with Crippen molar-refractivity contribution in [3.8, 4) is 5.75 Å². The van der Waals surface area contributed by atoms with E-state index in [0.717, 1.165) is 5.56 Å². The van der Waals surface area contributed by atoms with Crippen molar-refractivity contribution < 1.29 is 18.5 Å². The molecule has 9 heteroatoms. The van der Waals surface area contributed by atoms with Crippen LogP contribution in [0, 0.1) is 11.6 Å². The lowest BCUT2D eigenvalue weighted by atomic mass is 10.2. The van der Waals surface area contributed by atoms with Gasteiger partial charge in [0, 0.05) is 6.54 Å². The van der Waals surface area contributed by atoms with Crippen molar-refractivity contribution in [2.24, 2.45) is 0 Å². The van der Waals surface area contributed by atoms with Crippen molar-refractivity contribution in [2.45, 2.75) is 20.4 Å². The van der Waals surface area contributed by atoms with Crippen molar-refractivity contribution in [1.29, 1.82) is 0 Å². The molecule has 2 rings (SSSR count). The highest BCUT2D eigenvalue weighted by atomic mass is 35.5. The molecule has 0 saturated carbocycles. The smallest absolute Gasteiger partial charge is 0.345 e. The average molecular weight is 384 g/mol. The Morgan fingerprint density at radius 2 is 2.20 bits per heavy atom. The van der Waals surface area contributed by atoms with Crippen LogP contribution in [0.3, 0.4) is 0 Å². The topological polar surface area (TPSA) is 93.3 Å². The molecular weight excluding hydrogens is 366 g/mol. The van der Waals surface area contributed by atoms with Crippen molar-refractivity contribution in [3.05, 3.63) is 44.8 Å². The molecule has 0 aliphatic heterocycles. The van der Waals surface area contributed by atoms with Gasteiger partial charge in [0.25, 0.3) is 0 Å². The number of aromatic nitrogens is 2. The van der Waals surface area contributed by atoms with Crippen LogP contribution in [0.2, 0.25) is 5.02 Å². The molecule has 0 aliphatic rings. The Morgan fingerprint density at radius 3 is 2.80 bits per heavy atom. The normalized spacial score (nSPS) is 10.2. The number of ether oxygens (including phenoxy) is 2. The van der Waals surface area contributed by atoms with Gasteiger partial charge in [-0.3, -0.25) is 0 Å². The van der Waals surface area contributed by atoms with E-state index in [1.54, 1.807) is 33.1 Å². The Labute approximate surface area is 153 Å². The first kappa shape index (κ1) is 19.0. The lowest BCUT2D eigenvalue weighted by Gasteiger charge is -2.12. The van der Waals surface area contributed by atoms with Gasteiger partial charge in [0.15, 0.2) is 4.64 Å². The third kappa shape index (κ3) is 4.61. The molecule has 7 nitrogen and oxygen atoms in total. The fourth-order valence-electron chi connectivity index (χ4n) is 2.17. The van der Waals surface area contributed by atoms with Gasteiger partial charge >= 0.3 is 5.97 Å². The maximum atomic E-state index is 12.2. The van der Waals surface area contributed by atoms with E-state index in [1.165, 1.54) is 0 Å². The van der Waals surface area contributed by atoms with Crippen molar-refractivity contribution in [1.82, 2.24) is 9.97 Å². The molecule has 0 amide bonds. The van der Waals surface area contributed by atoms with Crippen molar-refractivity contribution >= 4 is 34.6 Å². The van der Waals surface area contributed by atoms with E-state index >= 15 is 0 Å². The van der Waals surface area contributed by atoms with Crippen LogP contribution >= 0.6 is 11.6 Å². The molecule has 25 heavy (non-hydrogen) atoms. The molecular formula is C16H18ClN3O4S. The minimum absolute atomic E-state index is 0.0899. The van der Waals surface area contributed by atoms with Gasteiger partial charge in [-0.2, -0.15) is 0 Å². The van der Waals surface area contributed by atoms with Gasteiger partial charge in [-0.25, -0.2) is 14.0 Å². The SMILES string of the molecule is CCOC(=O)c1c(NCc2ccc(OC)c(Cl)c2)nc(C)[nH]c1=S=O. The van der Waals surface area contributed by atoms with Gasteiger partial charge in [-0.15, -0.1) is 0 Å². The number of H-pyrrole nitrogens is 1. The number of aryl methyl sites for hydroxylation is 1. The Bertz CT molecular complexity index is 878. The summed E-state index contributed by atoms with van der Waals surface area (Å²) in [5.41, 5.74) is 0.955. The van der Waals surface area contributed by atoms with E-state index in [-0.39, 0.29) is 33.9 Å². The summed E-state index contributed by atoms with van der Waals surface area (Å²) in [6.07, 6.45) is 0. The Balaban J connectivity index is 2.35. The van der Waals surface area contributed by atoms with E-state index in [4.69, 9.17) is 21.1 Å². The number of carbonyl (C=O) groups excluding carboxylic acids is 1. The molecule has 1 aromatic carbocycles. The predicted octanol–water partition coefficient (Wildman–Crippen LogP) is 2.91. The number of methoxy groups -OCH3 is 1. The van der Waals surface area contributed by atoms with E-state index in [1.807, 2.05) is 6.07 Å². The lowest BCUT2D eigenvalue weighted by Crippen LogP contribution is -2.14. The molecule has 134 valence electrons. The lowest BCUT2D eigenvalue weighted by molar-refractivity contribution is 0.0525. The second-order valence-electron chi connectivity index (χ2n) is 5.00. The molecule has 0 spiro atoms. The van der Waals surface area contributed by atoms with Crippen LogP contribution < -0.4 is 10.1 Å². The molecule has 1 aromatic heterocycles. The molecule has 2 N–H and O–H groups in total. The van der Waals surface area contributed by atoms with Gasteiger partial charge in [0.1, 0.15) is 34.2 Å². The highest BCUT2D eigenvalue weighted by Crippen LogP contribution is 2.25. The Kier molecular flexibility index (Phi) is 6.60. The van der Waals surface area contributed by atoms with Gasteiger partial charge < -0.3 is 19.8 Å². The second kappa shape index (κ2) is 8.68. The summed E-state index contributed by atoms with van der Waals surface area (Å²) in [7, 11) is 1.54. The van der Waals surface area contributed by atoms with Crippen LogP contribution in [0.15, 0.2) is 18.2 Å². The van der Waals surface area contributed by atoms with Crippen LogP contribution in [0.5, 0.6) is 5.75 Å². The molecule has 0 saturated heterocycles. The third-order valence-electron chi connectivity index (χ3n) is 3.28. The van der Waals surface area contributed by atoms with Gasteiger partial charge in [-0.05, 0) is 31.5 Å². The summed E-state index contributed by atoms with van der Waals surface area (Å²) < 4.78 is 21.6. The van der Waals surface area contributed by atoms with Crippen LogP contribution in [-0.2, 0) is 22.5 Å². The molecule has 0 unspecified atom stereocenters. The third-order valence-corrected chi connectivity index (χ3v) is 4.05. The van der Waals surface area contributed by atoms with E-state index in [9.17, 15) is 9.00 Å². The zero-order valence-corrected chi connectivity index (χ0v) is 15.6. The quantitative estimate of drug-likeness (QED) is 0.588. The minimum Gasteiger partial charge on any atom is -0.495 e. The standard InChI is InChI=1S/C16H18ClN3O4S/c1-4-24-16(21)13-14(19-9(2)20-15(13)25-22)18-8-10-5-6-12(23-3)11(17)7-10/h5-7,18H,4,8H2,1-3H3,(H,19,20). The van der Waals surface area contributed by atoms with Crippen LogP contribution in [0.1, 0.15) is 28.7 Å². The van der Waals surface area contributed by atoms with Gasteiger partial charge in [0.2, 0.25) is 0 Å². The number of rotatable bonds is 6. The van der Waals surface area contributed by atoms with Crippen LogP contribution in [-0.4, -0.2) is 33.9 Å². The molecule has 2 aromatic rings. The van der Waals surface area contributed by atoms with E-state index in [0.29, 0.717) is 23.1 Å². The number of hydrogen-bond acceptors (Lipinski definition) is 6. The summed E-state index contributed by atoms with van der Waals surface area (Å²) in [6, 6.07) is 5.34. The van der Waals surface area contributed by atoms with Crippen molar-refractivity contribution in [3.63, 3.8) is 0 Å². The first-order chi connectivity index (χ1) is 12.0. The Hall–Kier alpha value is -2.32. The summed E-state index contributed by atoms with van der Waals surface area (Å²) in [4.78, 5) is 19.3. The predicted molar refractivity (Wildman–Crippen MR) is 96.0 cm³/mol. The van der Waals surface area contributed by atoms with Gasteiger partial charge in [0.05, 0.1) is 18.7 Å². The number of nitrogens with one attached hydrogen (secondary N) is 2. The summed E-state index contributed by atoms with van der Waals surface area (Å²) >= 11 is 6.30. The number of hydrogen-bond donors (Lipinski definition) is 2.